The number of aliphatic carboxylic acids is 1. The lowest BCUT2D eigenvalue weighted by atomic mass is 9.74. The molecule has 1 aliphatic heterocycles. The number of hydrogen-bond donors (Lipinski definition) is 2. The number of benzene rings is 1. The van der Waals surface area contributed by atoms with Gasteiger partial charge >= 0.3 is 5.97 Å². The SMILES string of the molecule is COc1ccc2ncc(Cl)c(C(O)CCC3(C(=O)O)CCN(CCSc4cccnc4)CC3)c2c1. The maximum atomic E-state index is 12.3. The van der Waals surface area contributed by atoms with E-state index in [1.807, 2.05) is 36.5 Å². The van der Waals surface area contributed by atoms with Crippen LogP contribution in [0.2, 0.25) is 5.02 Å². The highest BCUT2D eigenvalue weighted by Gasteiger charge is 2.41. The number of pyridine rings is 2. The first-order valence-corrected chi connectivity index (χ1v) is 13.1. The summed E-state index contributed by atoms with van der Waals surface area (Å²) in [4.78, 5) is 24.3. The van der Waals surface area contributed by atoms with Crippen LogP contribution in [0.5, 0.6) is 5.75 Å². The van der Waals surface area contributed by atoms with Crippen LogP contribution in [0, 0.1) is 5.41 Å². The van der Waals surface area contributed by atoms with Gasteiger partial charge in [-0.05, 0) is 69.1 Å². The average molecular weight is 516 g/mol. The fourth-order valence-electron chi connectivity index (χ4n) is 4.69. The normalized spacial score (nSPS) is 16.8. The Morgan fingerprint density at radius 1 is 1.29 bits per heavy atom. The highest BCUT2D eigenvalue weighted by molar-refractivity contribution is 7.99. The van der Waals surface area contributed by atoms with E-state index < -0.39 is 17.5 Å². The van der Waals surface area contributed by atoms with Gasteiger partial charge in [0, 0.05) is 46.7 Å². The van der Waals surface area contributed by atoms with E-state index in [0.29, 0.717) is 47.5 Å². The summed E-state index contributed by atoms with van der Waals surface area (Å²) in [6.45, 7) is 2.36. The molecule has 2 N–H and O–H groups in total. The van der Waals surface area contributed by atoms with Crippen LogP contribution in [0.15, 0.2) is 53.8 Å². The number of piperidine rings is 1. The molecule has 3 aromatic rings. The van der Waals surface area contributed by atoms with Crippen LogP contribution in [0.4, 0.5) is 0 Å². The van der Waals surface area contributed by atoms with Crippen molar-refractivity contribution in [2.45, 2.75) is 36.7 Å². The van der Waals surface area contributed by atoms with Crippen LogP contribution in [0.1, 0.15) is 37.4 Å². The molecule has 4 rings (SSSR count). The number of carboxylic acids is 1. The van der Waals surface area contributed by atoms with E-state index in [2.05, 4.69) is 14.9 Å². The molecule has 0 radical (unpaired) electrons. The number of methoxy groups -OCH3 is 1. The Morgan fingerprint density at radius 2 is 2.09 bits per heavy atom. The number of halogens is 1. The molecule has 0 saturated carbocycles. The fourth-order valence-corrected chi connectivity index (χ4v) is 5.86. The summed E-state index contributed by atoms with van der Waals surface area (Å²) in [5.74, 6) is 0.786. The van der Waals surface area contributed by atoms with E-state index >= 15 is 0 Å². The number of thioether (sulfide) groups is 1. The van der Waals surface area contributed by atoms with Gasteiger partial charge in [0.1, 0.15) is 5.75 Å². The minimum absolute atomic E-state index is 0.305. The predicted octanol–water partition coefficient (Wildman–Crippen LogP) is 5.06. The van der Waals surface area contributed by atoms with Gasteiger partial charge in [0.05, 0.1) is 29.2 Å². The quantitative estimate of drug-likeness (QED) is 0.361. The van der Waals surface area contributed by atoms with Crippen LogP contribution in [0.25, 0.3) is 10.9 Å². The molecule has 1 saturated heterocycles. The number of likely N-dealkylation sites (tertiary alicyclic amines) is 1. The number of ether oxygens (including phenoxy) is 1. The predicted molar refractivity (Wildman–Crippen MR) is 138 cm³/mol. The Hall–Kier alpha value is -2.39. The summed E-state index contributed by atoms with van der Waals surface area (Å²) >= 11 is 8.19. The molecule has 0 aliphatic carbocycles. The van der Waals surface area contributed by atoms with Crippen LogP contribution in [-0.4, -0.2) is 63.5 Å². The number of aromatic nitrogens is 2. The highest BCUT2D eigenvalue weighted by Crippen LogP contribution is 2.41. The van der Waals surface area contributed by atoms with Crippen LogP contribution < -0.4 is 4.74 Å². The molecule has 0 bridgehead atoms. The third-order valence-electron chi connectivity index (χ3n) is 6.88. The minimum atomic E-state index is -0.898. The summed E-state index contributed by atoms with van der Waals surface area (Å²) < 4.78 is 5.32. The van der Waals surface area contributed by atoms with Crippen molar-refractivity contribution in [3.63, 3.8) is 0 Å². The molecule has 7 nitrogen and oxygen atoms in total. The summed E-state index contributed by atoms with van der Waals surface area (Å²) in [6.07, 6.45) is 6.06. The first-order chi connectivity index (χ1) is 16.9. The lowest BCUT2D eigenvalue weighted by Crippen LogP contribution is -2.45. The highest BCUT2D eigenvalue weighted by atomic mass is 35.5. The van der Waals surface area contributed by atoms with Gasteiger partial charge in [0.15, 0.2) is 0 Å². The van der Waals surface area contributed by atoms with Crippen LogP contribution >= 0.6 is 23.4 Å². The average Bonchev–Trinajstić information content (AvgIpc) is 2.88. The summed E-state index contributed by atoms with van der Waals surface area (Å²) in [7, 11) is 1.58. The molecular weight excluding hydrogens is 486 g/mol. The third kappa shape index (κ3) is 6.06. The van der Waals surface area contributed by atoms with Gasteiger partial charge in [-0.2, -0.15) is 0 Å². The van der Waals surface area contributed by atoms with E-state index in [9.17, 15) is 15.0 Å². The number of hydrogen-bond acceptors (Lipinski definition) is 7. The van der Waals surface area contributed by atoms with Crippen LogP contribution in [-0.2, 0) is 4.79 Å². The molecule has 1 aliphatic rings. The Kier molecular flexibility index (Phi) is 8.49. The molecule has 2 aromatic heterocycles. The molecule has 3 heterocycles. The van der Waals surface area contributed by atoms with Gasteiger partial charge in [0.2, 0.25) is 0 Å². The second kappa shape index (κ2) is 11.6. The fraction of sp³-hybridized carbons (Fsp3) is 0.423. The molecule has 1 fully saturated rings. The molecule has 0 amide bonds. The van der Waals surface area contributed by atoms with E-state index in [1.54, 1.807) is 25.1 Å². The first-order valence-electron chi connectivity index (χ1n) is 11.7. The lowest BCUT2D eigenvalue weighted by molar-refractivity contribution is -0.153. The van der Waals surface area contributed by atoms with Crippen LogP contribution in [0.3, 0.4) is 0 Å². The van der Waals surface area contributed by atoms with Crippen molar-refractivity contribution in [1.82, 2.24) is 14.9 Å². The zero-order valence-corrected chi connectivity index (χ0v) is 21.3. The number of rotatable bonds is 10. The summed E-state index contributed by atoms with van der Waals surface area (Å²) in [5, 5.41) is 22.3. The van der Waals surface area contributed by atoms with Gasteiger partial charge in [-0.1, -0.05) is 11.6 Å². The largest absolute Gasteiger partial charge is 0.497 e. The maximum absolute atomic E-state index is 12.3. The van der Waals surface area contributed by atoms with E-state index in [1.165, 1.54) is 6.20 Å². The lowest BCUT2D eigenvalue weighted by Gasteiger charge is -2.39. The Bertz CT molecular complexity index is 1160. The zero-order valence-electron chi connectivity index (χ0n) is 19.7. The molecule has 9 heteroatoms. The third-order valence-corrected chi connectivity index (χ3v) is 8.14. The molecule has 1 atom stereocenters. The first kappa shape index (κ1) is 25.7. The molecule has 186 valence electrons. The van der Waals surface area contributed by atoms with Crippen molar-refractivity contribution in [3.8, 4) is 5.75 Å². The van der Waals surface area contributed by atoms with Crippen molar-refractivity contribution < 1.29 is 19.7 Å². The molecule has 0 spiro atoms. The maximum Gasteiger partial charge on any atom is 0.309 e. The van der Waals surface area contributed by atoms with Gasteiger partial charge in [-0.3, -0.25) is 14.8 Å². The monoisotopic (exact) mass is 515 g/mol. The number of carboxylic acid groups (broad SMARTS) is 1. The van der Waals surface area contributed by atoms with Gasteiger partial charge in [0.25, 0.3) is 0 Å². The van der Waals surface area contributed by atoms with Crippen molar-refractivity contribution in [3.05, 3.63) is 59.5 Å². The number of aliphatic hydroxyl groups is 1. The molecule has 35 heavy (non-hydrogen) atoms. The standard InChI is InChI=1S/C26H30ClN3O4S/c1-34-18-4-5-22-20(15-18)24(21(27)17-29-22)23(31)6-7-26(25(32)33)8-11-30(12-9-26)13-14-35-19-3-2-10-28-16-19/h2-5,10,15-17,23,31H,6-9,11-14H2,1H3,(H,32,33). The van der Waals surface area contributed by atoms with Crippen molar-refractivity contribution in [2.24, 2.45) is 5.41 Å². The second-order valence-corrected chi connectivity index (χ2v) is 10.5. The number of aliphatic hydroxyl groups excluding tert-OH is 1. The molecule has 1 unspecified atom stereocenters. The van der Waals surface area contributed by atoms with Crippen molar-refractivity contribution in [1.29, 1.82) is 0 Å². The smallest absolute Gasteiger partial charge is 0.309 e. The zero-order chi connectivity index (χ0) is 24.8. The topological polar surface area (TPSA) is 95.8 Å². The summed E-state index contributed by atoms with van der Waals surface area (Å²) in [6, 6.07) is 9.41. The summed E-state index contributed by atoms with van der Waals surface area (Å²) in [5.41, 5.74) is 0.427. The number of carbonyl (C=O) groups is 1. The molecular formula is C26H30ClN3O4S. The number of nitrogens with zero attached hydrogens (tertiary/aromatic N) is 3. The minimum Gasteiger partial charge on any atom is -0.497 e. The van der Waals surface area contributed by atoms with Gasteiger partial charge in [-0.15, -0.1) is 11.8 Å². The van der Waals surface area contributed by atoms with E-state index in [0.717, 1.165) is 35.7 Å². The van der Waals surface area contributed by atoms with Gasteiger partial charge < -0.3 is 19.8 Å². The Labute approximate surface area is 214 Å². The van der Waals surface area contributed by atoms with E-state index in [4.69, 9.17) is 16.3 Å². The van der Waals surface area contributed by atoms with Crippen molar-refractivity contribution >= 4 is 40.2 Å². The molecule has 1 aromatic carbocycles. The van der Waals surface area contributed by atoms with Gasteiger partial charge in [-0.25, -0.2) is 0 Å². The Balaban J connectivity index is 1.38. The Morgan fingerprint density at radius 3 is 2.77 bits per heavy atom. The van der Waals surface area contributed by atoms with Crippen molar-refractivity contribution in [2.75, 3.05) is 32.5 Å². The number of fused-ring (bicyclic) bond motifs is 1. The van der Waals surface area contributed by atoms with E-state index in [-0.39, 0.29) is 0 Å². The second-order valence-electron chi connectivity index (χ2n) is 8.92.